The molecule has 40 heavy (non-hydrogen) atoms. The maximum absolute atomic E-state index is 11.5. The van der Waals surface area contributed by atoms with Gasteiger partial charge in [0.15, 0.2) is 11.5 Å². The summed E-state index contributed by atoms with van der Waals surface area (Å²) in [5.41, 5.74) is 2.93. The van der Waals surface area contributed by atoms with Gasteiger partial charge in [-0.05, 0) is 74.4 Å². The summed E-state index contributed by atoms with van der Waals surface area (Å²) in [7, 11) is 0. The molecule has 1 saturated carbocycles. The van der Waals surface area contributed by atoms with Crippen molar-refractivity contribution >= 4 is 17.0 Å². The molecule has 1 aliphatic rings. The second-order valence-corrected chi connectivity index (χ2v) is 9.77. The number of fused-ring (bicyclic) bond motifs is 1. The van der Waals surface area contributed by atoms with Crippen LogP contribution in [0.2, 0.25) is 0 Å². The lowest BCUT2D eigenvalue weighted by Gasteiger charge is -2.25. The standard InChI is InChI=1S/C28H28N2O4.C6H6/c1-2-33-25-10-6-7-11-26(25)34-22-15-12-19(13-16-22)27-29-23-18-20(28(31)32)14-17-24(23)30(27)21-8-4-3-5-9-21;1-2-4-6-5-3-1/h6-7,10-18,21H,2-5,8-9H2,1H3,(H,31,32);1-6H. The highest BCUT2D eigenvalue weighted by Gasteiger charge is 2.23. The fourth-order valence-corrected chi connectivity index (χ4v) is 5.14. The highest BCUT2D eigenvalue weighted by atomic mass is 16.5. The number of nitrogens with zero attached hydrogens (tertiary/aromatic N) is 2. The molecule has 0 bridgehead atoms. The first-order valence-corrected chi connectivity index (χ1v) is 13.9. The SMILES string of the molecule is CCOc1ccccc1Oc1ccc(-c2nc3cc(C(=O)O)ccc3n2C2CCCCC2)cc1.c1ccccc1. The van der Waals surface area contributed by atoms with Gasteiger partial charge >= 0.3 is 5.97 Å². The third-order valence-corrected chi connectivity index (χ3v) is 7.03. The van der Waals surface area contributed by atoms with Crippen LogP contribution in [0.25, 0.3) is 22.4 Å². The Morgan fingerprint density at radius 2 is 1.50 bits per heavy atom. The van der Waals surface area contributed by atoms with E-state index in [0.717, 1.165) is 29.7 Å². The lowest BCUT2D eigenvalue weighted by Crippen LogP contribution is -2.14. The van der Waals surface area contributed by atoms with E-state index < -0.39 is 5.97 Å². The first kappa shape index (κ1) is 27.0. The van der Waals surface area contributed by atoms with Crippen LogP contribution in [0.4, 0.5) is 0 Å². The van der Waals surface area contributed by atoms with E-state index in [9.17, 15) is 9.90 Å². The number of para-hydroxylation sites is 2. The number of ether oxygens (including phenoxy) is 2. The second-order valence-electron chi connectivity index (χ2n) is 9.77. The van der Waals surface area contributed by atoms with E-state index in [-0.39, 0.29) is 5.56 Å². The van der Waals surface area contributed by atoms with Gasteiger partial charge in [0.1, 0.15) is 11.6 Å². The average molecular weight is 535 g/mol. The normalized spacial score (nSPS) is 13.3. The molecule has 0 radical (unpaired) electrons. The maximum Gasteiger partial charge on any atom is 0.335 e. The molecular weight excluding hydrogens is 500 g/mol. The van der Waals surface area contributed by atoms with Gasteiger partial charge in [0.2, 0.25) is 0 Å². The number of benzene rings is 4. The van der Waals surface area contributed by atoms with Crippen molar-refractivity contribution in [3.05, 3.63) is 109 Å². The van der Waals surface area contributed by atoms with E-state index in [0.29, 0.717) is 35.4 Å². The van der Waals surface area contributed by atoms with Crippen LogP contribution in [0.5, 0.6) is 17.2 Å². The van der Waals surface area contributed by atoms with Gasteiger partial charge in [-0.2, -0.15) is 0 Å². The van der Waals surface area contributed by atoms with Crippen molar-refractivity contribution in [3.8, 4) is 28.6 Å². The smallest absolute Gasteiger partial charge is 0.335 e. The molecule has 6 heteroatoms. The van der Waals surface area contributed by atoms with Crippen molar-refractivity contribution in [1.82, 2.24) is 9.55 Å². The molecule has 5 aromatic rings. The molecule has 0 saturated heterocycles. The lowest BCUT2D eigenvalue weighted by atomic mass is 9.95. The third kappa shape index (κ3) is 6.34. The van der Waals surface area contributed by atoms with Gasteiger partial charge in [-0.1, -0.05) is 67.8 Å². The largest absolute Gasteiger partial charge is 0.490 e. The second kappa shape index (κ2) is 13.0. The summed E-state index contributed by atoms with van der Waals surface area (Å²) >= 11 is 0. The van der Waals surface area contributed by atoms with E-state index in [4.69, 9.17) is 14.5 Å². The van der Waals surface area contributed by atoms with Crippen LogP contribution in [0.1, 0.15) is 55.4 Å². The Morgan fingerprint density at radius 3 is 2.12 bits per heavy atom. The molecule has 0 unspecified atom stereocenters. The van der Waals surface area contributed by atoms with Gasteiger partial charge in [-0.15, -0.1) is 0 Å². The van der Waals surface area contributed by atoms with Crippen molar-refractivity contribution < 1.29 is 19.4 Å². The van der Waals surface area contributed by atoms with Crippen molar-refractivity contribution in [2.24, 2.45) is 0 Å². The number of carboxylic acids is 1. The molecule has 0 spiro atoms. The molecule has 6 rings (SSSR count). The van der Waals surface area contributed by atoms with E-state index >= 15 is 0 Å². The van der Waals surface area contributed by atoms with Crippen molar-refractivity contribution in [2.75, 3.05) is 6.61 Å². The van der Waals surface area contributed by atoms with Crippen LogP contribution in [0, 0.1) is 0 Å². The van der Waals surface area contributed by atoms with E-state index in [2.05, 4.69) is 4.57 Å². The molecule has 1 aliphatic carbocycles. The first-order chi connectivity index (χ1) is 19.6. The summed E-state index contributed by atoms with van der Waals surface area (Å²) in [4.78, 5) is 16.4. The Labute approximate surface area is 234 Å². The van der Waals surface area contributed by atoms with Gasteiger partial charge in [0.05, 0.1) is 23.2 Å². The molecule has 1 heterocycles. The van der Waals surface area contributed by atoms with Crippen molar-refractivity contribution in [2.45, 2.75) is 45.1 Å². The maximum atomic E-state index is 11.5. The van der Waals surface area contributed by atoms with E-state index in [1.54, 1.807) is 12.1 Å². The Morgan fingerprint density at radius 1 is 0.850 bits per heavy atom. The molecule has 1 N–H and O–H groups in total. The van der Waals surface area contributed by atoms with Gasteiger partial charge in [0.25, 0.3) is 0 Å². The third-order valence-electron chi connectivity index (χ3n) is 7.03. The predicted octanol–water partition coefficient (Wildman–Crippen LogP) is 8.78. The summed E-state index contributed by atoms with van der Waals surface area (Å²) in [6.07, 6.45) is 5.87. The number of hydrogen-bond acceptors (Lipinski definition) is 4. The Hall–Kier alpha value is -4.58. The molecular formula is C34H34N2O4. The number of rotatable bonds is 7. The van der Waals surface area contributed by atoms with Crippen LogP contribution in [0.15, 0.2) is 103 Å². The summed E-state index contributed by atoms with van der Waals surface area (Å²) in [6, 6.07) is 33.1. The number of hydrogen-bond donors (Lipinski definition) is 1. The Balaban J connectivity index is 0.000000477. The zero-order valence-electron chi connectivity index (χ0n) is 22.7. The molecule has 4 aromatic carbocycles. The van der Waals surface area contributed by atoms with Crippen LogP contribution in [-0.2, 0) is 0 Å². The molecule has 204 valence electrons. The number of carbonyl (C=O) groups is 1. The Bertz CT molecular complexity index is 1510. The first-order valence-electron chi connectivity index (χ1n) is 13.9. The van der Waals surface area contributed by atoms with Crippen LogP contribution < -0.4 is 9.47 Å². The monoisotopic (exact) mass is 534 g/mol. The van der Waals surface area contributed by atoms with Gasteiger partial charge < -0.3 is 19.1 Å². The van der Waals surface area contributed by atoms with Crippen LogP contribution in [0.3, 0.4) is 0 Å². The zero-order chi connectivity index (χ0) is 27.7. The minimum atomic E-state index is -0.940. The summed E-state index contributed by atoms with van der Waals surface area (Å²) in [5.74, 6) is 2.02. The number of aromatic carboxylic acids is 1. The molecule has 0 atom stereocenters. The summed E-state index contributed by atoms with van der Waals surface area (Å²) < 4.78 is 14.1. The number of carboxylic acid groups (broad SMARTS) is 1. The summed E-state index contributed by atoms with van der Waals surface area (Å²) in [5, 5.41) is 9.43. The van der Waals surface area contributed by atoms with Crippen LogP contribution >= 0.6 is 0 Å². The zero-order valence-corrected chi connectivity index (χ0v) is 22.7. The molecule has 1 fully saturated rings. The fourth-order valence-electron chi connectivity index (χ4n) is 5.14. The van der Waals surface area contributed by atoms with Gasteiger partial charge in [-0.25, -0.2) is 9.78 Å². The minimum Gasteiger partial charge on any atom is -0.490 e. The quantitative estimate of drug-likeness (QED) is 0.226. The molecule has 1 aromatic heterocycles. The molecule has 0 aliphatic heterocycles. The fraction of sp³-hybridized carbons (Fsp3) is 0.235. The van der Waals surface area contributed by atoms with Gasteiger partial charge in [0, 0.05) is 11.6 Å². The predicted molar refractivity (Wildman–Crippen MR) is 158 cm³/mol. The lowest BCUT2D eigenvalue weighted by molar-refractivity contribution is 0.0697. The van der Waals surface area contributed by atoms with E-state index in [1.807, 2.05) is 97.9 Å². The minimum absolute atomic E-state index is 0.254. The number of aromatic nitrogens is 2. The highest BCUT2D eigenvalue weighted by Crippen LogP contribution is 2.37. The topological polar surface area (TPSA) is 73.6 Å². The van der Waals surface area contributed by atoms with E-state index in [1.165, 1.54) is 19.3 Å². The number of imidazole rings is 1. The van der Waals surface area contributed by atoms with Gasteiger partial charge in [-0.3, -0.25) is 0 Å². The van der Waals surface area contributed by atoms with Crippen molar-refractivity contribution in [1.29, 1.82) is 0 Å². The van der Waals surface area contributed by atoms with Crippen LogP contribution in [-0.4, -0.2) is 27.2 Å². The molecule has 6 nitrogen and oxygen atoms in total. The average Bonchev–Trinajstić information content (AvgIpc) is 3.39. The highest BCUT2D eigenvalue weighted by molar-refractivity contribution is 5.93. The Kier molecular flexibility index (Phi) is 8.76. The molecule has 0 amide bonds. The van der Waals surface area contributed by atoms with Crippen molar-refractivity contribution in [3.63, 3.8) is 0 Å². The summed E-state index contributed by atoms with van der Waals surface area (Å²) in [6.45, 7) is 2.52.